The Bertz CT molecular complexity index is 741. The Morgan fingerprint density at radius 2 is 1.77 bits per heavy atom. The van der Waals surface area contributed by atoms with E-state index in [9.17, 15) is 8.42 Å². The molecule has 2 rings (SSSR count). The fourth-order valence-electron chi connectivity index (χ4n) is 1.65. The van der Waals surface area contributed by atoms with Crippen molar-refractivity contribution in [3.8, 4) is 5.75 Å². The Kier molecular flexibility index (Phi) is 5.57. The highest BCUT2D eigenvalue weighted by molar-refractivity contribution is 9.10. The molecule has 0 radical (unpaired) electrons. The summed E-state index contributed by atoms with van der Waals surface area (Å²) < 4.78 is 30.2. The van der Waals surface area contributed by atoms with Crippen molar-refractivity contribution in [2.24, 2.45) is 5.10 Å². The van der Waals surface area contributed by atoms with E-state index in [4.69, 9.17) is 4.74 Å². The van der Waals surface area contributed by atoms with Crippen LogP contribution in [0.25, 0.3) is 0 Å². The van der Waals surface area contributed by atoms with Crippen molar-refractivity contribution in [3.63, 3.8) is 0 Å². The summed E-state index contributed by atoms with van der Waals surface area (Å²) in [6, 6.07) is 13.5. The molecule has 0 aromatic heterocycles. The number of nitrogens with zero attached hydrogens (tertiary/aromatic N) is 1. The summed E-state index contributed by atoms with van der Waals surface area (Å²) >= 11 is 3.26. The van der Waals surface area contributed by atoms with E-state index in [-0.39, 0.29) is 4.90 Å². The smallest absolute Gasteiger partial charge is 0.276 e. The van der Waals surface area contributed by atoms with Gasteiger partial charge in [-0.1, -0.05) is 15.9 Å². The largest absolute Gasteiger partial charge is 0.494 e. The molecule has 0 bridgehead atoms. The van der Waals surface area contributed by atoms with Crippen LogP contribution in [0.2, 0.25) is 0 Å². The molecule has 116 valence electrons. The van der Waals surface area contributed by atoms with Crippen LogP contribution in [0.1, 0.15) is 12.5 Å². The zero-order valence-electron chi connectivity index (χ0n) is 11.9. The quantitative estimate of drug-likeness (QED) is 0.616. The number of nitrogens with one attached hydrogen (secondary N) is 1. The summed E-state index contributed by atoms with van der Waals surface area (Å²) in [5, 5.41) is 3.77. The molecule has 7 heteroatoms. The van der Waals surface area contributed by atoms with Crippen molar-refractivity contribution in [2.75, 3.05) is 6.61 Å². The maximum atomic E-state index is 12.0. The molecule has 2 aromatic rings. The SMILES string of the molecule is CCOc1ccc(/C=N\NS(=O)(=O)c2ccc(Br)cc2)cc1. The molecular weight excluding hydrogens is 368 g/mol. The van der Waals surface area contributed by atoms with Crippen molar-refractivity contribution < 1.29 is 13.2 Å². The third-order valence-corrected chi connectivity index (χ3v) is 4.47. The van der Waals surface area contributed by atoms with E-state index in [2.05, 4.69) is 25.9 Å². The first-order valence-electron chi connectivity index (χ1n) is 6.54. The Labute approximate surface area is 138 Å². The zero-order valence-corrected chi connectivity index (χ0v) is 14.3. The highest BCUT2D eigenvalue weighted by atomic mass is 79.9. The van der Waals surface area contributed by atoms with Gasteiger partial charge in [-0.2, -0.15) is 13.5 Å². The average Bonchev–Trinajstić information content (AvgIpc) is 2.50. The molecular formula is C15H15BrN2O3S. The van der Waals surface area contributed by atoms with E-state index in [1.165, 1.54) is 18.3 Å². The van der Waals surface area contributed by atoms with Crippen molar-refractivity contribution in [3.05, 3.63) is 58.6 Å². The van der Waals surface area contributed by atoms with Crippen molar-refractivity contribution in [1.29, 1.82) is 0 Å². The standard InChI is InChI=1S/C15H15BrN2O3S/c1-2-21-14-7-3-12(4-8-14)11-17-18-22(19,20)15-9-5-13(16)6-10-15/h3-11,18H,2H2,1H3/b17-11-. The fourth-order valence-corrected chi connectivity index (χ4v) is 2.71. The van der Waals surface area contributed by atoms with Crippen LogP contribution in [0.15, 0.2) is 63.0 Å². The van der Waals surface area contributed by atoms with Crippen LogP contribution in [-0.2, 0) is 10.0 Å². The number of benzene rings is 2. The van der Waals surface area contributed by atoms with Gasteiger partial charge in [0.1, 0.15) is 5.75 Å². The molecule has 0 saturated carbocycles. The molecule has 0 fully saturated rings. The summed E-state index contributed by atoms with van der Waals surface area (Å²) in [7, 11) is -3.66. The number of hydrazone groups is 1. The van der Waals surface area contributed by atoms with Crippen LogP contribution in [0.3, 0.4) is 0 Å². The molecule has 22 heavy (non-hydrogen) atoms. The summed E-state index contributed by atoms with van der Waals surface area (Å²) in [6.45, 7) is 2.51. The number of rotatable bonds is 6. The van der Waals surface area contributed by atoms with Crippen molar-refractivity contribution in [2.45, 2.75) is 11.8 Å². The van der Waals surface area contributed by atoms with Gasteiger partial charge in [0.2, 0.25) is 0 Å². The summed E-state index contributed by atoms with van der Waals surface area (Å²) in [5.74, 6) is 0.759. The Morgan fingerprint density at radius 1 is 1.14 bits per heavy atom. The van der Waals surface area contributed by atoms with E-state index >= 15 is 0 Å². The van der Waals surface area contributed by atoms with Crippen LogP contribution >= 0.6 is 15.9 Å². The predicted octanol–water partition coefficient (Wildman–Crippen LogP) is 3.16. The van der Waals surface area contributed by atoms with Gasteiger partial charge in [-0.15, -0.1) is 0 Å². The predicted molar refractivity (Wildman–Crippen MR) is 89.7 cm³/mol. The lowest BCUT2D eigenvalue weighted by molar-refractivity contribution is 0.340. The fraction of sp³-hybridized carbons (Fsp3) is 0.133. The van der Waals surface area contributed by atoms with Gasteiger partial charge in [-0.25, -0.2) is 4.83 Å². The van der Waals surface area contributed by atoms with E-state index in [0.717, 1.165) is 15.8 Å². The molecule has 0 unspecified atom stereocenters. The number of hydrogen-bond donors (Lipinski definition) is 1. The lowest BCUT2D eigenvalue weighted by atomic mass is 10.2. The molecule has 0 aliphatic rings. The van der Waals surface area contributed by atoms with E-state index in [0.29, 0.717) is 6.61 Å². The Hall–Kier alpha value is -1.86. The summed E-state index contributed by atoms with van der Waals surface area (Å²) in [6.07, 6.45) is 1.44. The molecule has 0 spiro atoms. The van der Waals surface area contributed by atoms with Gasteiger partial charge in [0, 0.05) is 4.47 Å². The molecule has 5 nitrogen and oxygen atoms in total. The normalized spacial score (nSPS) is 11.5. The first kappa shape index (κ1) is 16.5. The Balaban J connectivity index is 2.03. The molecule has 1 N–H and O–H groups in total. The van der Waals surface area contributed by atoms with Gasteiger partial charge >= 0.3 is 0 Å². The van der Waals surface area contributed by atoms with E-state index < -0.39 is 10.0 Å². The van der Waals surface area contributed by atoms with Crippen LogP contribution < -0.4 is 9.57 Å². The van der Waals surface area contributed by atoms with Crippen LogP contribution in [0.4, 0.5) is 0 Å². The minimum Gasteiger partial charge on any atom is -0.494 e. The highest BCUT2D eigenvalue weighted by Gasteiger charge is 2.11. The van der Waals surface area contributed by atoms with Gasteiger partial charge in [-0.05, 0) is 61.0 Å². The minimum atomic E-state index is -3.66. The first-order chi connectivity index (χ1) is 10.5. The third-order valence-electron chi connectivity index (χ3n) is 2.70. The number of sulfonamides is 1. The monoisotopic (exact) mass is 382 g/mol. The Morgan fingerprint density at radius 3 is 2.36 bits per heavy atom. The maximum absolute atomic E-state index is 12.0. The second kappa shape index (κ2) is 7.42. The van der Waals surface area contributed by atoms with Gasteiger partial charge in [0.25, 0.3) is 10.0 Å². The highest BCUT2D eigenvalue weighted by Crippen LogP contribution is 2.14. The molecule has 0 heterocycles. The van der Waals surface area contributed by atoms with Crippen LogP contribution in [0.5, 0.6) is 5.75 Å². The molecule has 0 amide bonds. The molecule has 0 aliphatic carbocycles. The maximum Gasteiger partial charge on any atom is 0.276 e. The molecule has 0 aliphatic heterocycles. The van der Waals surface area contributed by atoms with Gasteiger partial charge < -0.3 is 4.74 Å². The van der Waals surface area contributed by atoms with Crippen molar-refractivity contribution in [1.82, 2.24) is 4.83 Å². The van der Waals surface area contributed by atoms with Gasteiger partial charge in [-0.3, -0.25) is 0 Å². The number of halogens is 1. The van der Waals surface area contributed by atoms with Gasteiger partial charge in [0.05, 0.1) is 17.7 Å². The lowest BCUT2D eigenvalue weighted by Gasteiger charge is -2.04. The molecule has 0 saturated heterocycles. The average molecular weight is 383 g/mol. The van der Waals surface area contributed by atoms with Gasteiger partial charge in [0.15, 0.2) is 0 Å². The summed E-state index contributed by atoms with van der Waals surface area (Å²) in [5.41, 5.74) is 0.766. The second-order valence-electron chi connectivity index (χ2n) is 4.31. The van der Waals surface area contributed by atoms with Crippen LogP contribution in [0, 0.1) is 0 Å². The zero-order chi connectivity index (χ0) is 16.0. The number of hydrogen-bond acceptors (Lipinski definition) is 4. The van der Waals surface area contributed by atoms with Crippen molar-refractivity contribution >= 4 is 32.2 Å². The van der Waals surface area contributed by atoms with E-state index in [1.54, 1.807) is 36.4 Å². The molecule has 0 atom stereocenters. The topological polar surface area (TPSA) is 67.8 Å². The summed E-state index contributed by atoms with van der Waals surface area (Å²) in [4.78, 5) is 2.33. The third kappa shape index (κ3) is 4.57. The van der Waals surface area contributed by atoms with E-state index in [1.807, 2.05) is 6.92 Å². The molecule has 2 aromatic carbocycles. The first-order valence-corrected chi connectivity index (χ1v) is 8.82. The second-order valence-corrected chi connectivity index (χ2v) is 6.89. The number of ether oxygens (including phenoxy) is 1. The lowest BCUT2D eigenvalue weighted by Crippen LogP contribution is -2.18. The van der Waals surface area contributed by atoms with Crippen LogP contribution in [-0.4, -0.2) is 21.2 Å². The minimum absolute atomic E-state index is 0.152.